The molecule has 0 aliphatic carbocycles. The van der Waals surface area contributed by atoms with Gasteiger partial charge in [-0.15, -0.1) is 0 Å². The van der Waals surface area contributed by atoms with Crippen LogP contribution in [0.4, 0.5) is 0 Å². The van der Waals surface area contributed by atoms with Crippen LogP contribution in [0.5, 0.6) is 0 Å². The summed E-state index contributed by atoms with van der Waals surface area (Å²) in [5.74, 6) is 6.43. The molecule has 0 fully saturated rings. The third-order valence-corrected chi connectivity index (χ3v) is 4.16. The standard InChI is InChI=1S/C17H25N3/c1-3-5-7-13(4-2)17(20-18)15-9-6-8-14-10-11-19-12-16(14)15/h6,8-13,17,20H,3-5,7,18H2,1-2H3. The zero-order valence-electron chi connectivity index (χ0n) is 12.5. The number of aromatic nitrogens is 1. The van der Waals surface area contributed by atoms with Crippen LogP contribution in [0.15, 0.2) is 36.7 Å². The number of nitrogens with zero attached hydrogens (tertiary/aromatic N) is 1. The zero-order chi connectivity index (χ0) is 14.4. The first kappa shape index (κ1) is 14.9. The second-order valence-corrected chi connectivity index (χ2v) is 5.40. The maximum Gasteiger partial charge on any atom is 0.0494 e. The van der Waals surface area contributed by atoms with Crippen molar-refractivity contribution in [2.45, 2.75) is 45.6 Å². The lowest BCUT2D eigenvalue weighted by atomic mass is 9.85. The van der Waals surface area contributed by atoms with Crippen molar-refractivity contribution in [1.82, 2.24) is 10.4 Å². The van der Waals surface area contributed by atoms with Gasteiger partial charge in [-0.1, -0.05) is 51.3 Å². The van der Waals surface area contributed by atoms with Crippen LogP contribution in [0.1, 0.15) is 51.1 Å². The van der Waals surface area contributed by atoms with Crippen LogP contribution in [0.3, 0.4) is 0 Å². The van der Waals surface area contributed by atoms with Gasteiger partial charge in [-0.2, -0.15) is 0 Å². The summed E-state index contributed by atoms with van der Waals surface area (Å²) in [6, 6.07) is 8.65. The Balaban J connectivity index is 2.37. The maximum absolute atomic E-state index is 5.87. The largest absolute Gasteiger partial charge is 0.271 e. The summed E-state index contributed by atoms with van der Waals surface area (Å²) in [5.41, 5.74) is 4.31. The van der Waals surface area contributed by atoms with Gasteiger partial charge in [0, 0.05) is 23.8 Å². The molecule has 0 aliphatic rings. The average Bonchev–Trinajstić information content (AvgIpc) is 2.51. The molecule has 1 aromatic carbocycles. The van der Waals surface area contributed by atoms with Gasteiger partial charge in [0.1, 0.15) is 0 Å². The molecule has 0 aliphatic heterocycles. The van der Waals surface area contributed by atoms with E-state index < -0.39 is 0 Å². The predicted molar refractivity (Wildman–Crippen MR) is 85.1 cm³/mol. The van der Waals surface area contributed by atoms with Crippen molar-refractivity contribution < 1.29 is 0 Å². The lowest BCUT2D eigenvalue weighted by molar-refractivity contribution is 0.328. The summed E-state index contributed by atoms with van der Waals surface area (Å²) < 4.78 is 0. The van der Waals surface area contributed by atoms with E-state index in [4.69, 9.17) is 5.84 Å². The Morgan fingerprint density at radius 1 is 1.25 bits per heavy atom. The molecule has 0 bridgehead atoms. The van der Waals surface area contributed by atoms with Crippen molar-refractivity contribution in [3.63, 3.8) is 0 Å². The highest BCUT2D eigenvalue weighted by molar-refractivity contribution is 5.85. The fourth-order valence-electron chi connectivity index (χ4n) is 2.96. The number of nitrogens with two attached hydrogens (primary N) is 1. The molecular formula is C17H25N3. The van der Waals surface area contributed by atoms with E-state index in [9.17, 15) is 0 Å². The molecular weight excluding hydrogens is 246 g/mol. The van der Waals surface area contributed by atoms with Crippen molar-refractivity contribution in [2.24, 2.45) is 11.8 Å². The highest BCUT2D eigenvalue weighted by atomic mass is 15.2. The summed E-state index contributed by atoms with van der Waals surface area (Å²) in [6.07, 6.45) is 8.60. The third-order valence-electron chi connectivity index (χ3n) is 4.16. The SMILES string of the molecule is CCCCC(CC)C(NN)c1cccc2ccncc12. The second kappa shape index (κ2) is 7.36. The summed E-state index contributed by atoms with van der Waals surface area (Å²) >= 11 is 0. The molecule has 108 valence electrons. The molecule has 20 heavy (non-hydrogen) atoms. The van der Waals surface area contributed by atoms with E-state index in [1.54, 1.807) is 0 Å². The van der Waals surface area contributed by atoms with Crippen molar-refractivity contribution >= 4 is 10.8 Å². The molecule has 0 amide bonds. The molecule has 3 N–H and O–H groups in total. The first-order valence-corrected chi connectivity index (χ1v) is 7.60. The van der Waals surface area contributed by atoms with Crippen LogP contribution in [0.2, 0.25) is 0 Å². The summed E-state index contributed by atoms with van der Waals surface area (Å²) in [4.78, 5) is 4.27. The number of nitrogens with one attached hydrogen (secondary N) is 1. The van der Waals surface area contributed by atoms with E-state index in [2.05, 4.69) is 48.5 Å². The predicted octanol–water partition coefficient (Wildman–Crippen LogP) is 3.96. The number of benzene rings is 1. The third kappa shape index (κ3) is 3.17. The molecule has 2 aromatic rings. The van der Waals surface area contributed by atoms with E-state index in [0.29, 0.717) is 5.92 Å². The summed E-state index contributed by atoms with van der Waals surface area (Å²) in [7, 11) is 0. The summed E-state index contributed by atoms with van der Waals surface area (Å²) in [5, 5.41) is 2.43. The molecule has 1 heterocycles. The van der Waals surface area contributed by atoms with Crippen LogP contribution in [0, 0.1) is 5.92 Å². The monoisotopic (exact) mass is 271 g/mol. The number of rotatable bonds is 7. The van der Waals surface area contributed by atoms with E-state index in [-0.39, 0.29) is 6.04 Å². The maximum atomic E-state index is 5.87. The second-order valence-electron chi connectivity index (χ2n) is 5.40. The fraction of sp³-hybridized carbons (Fsp3) is 0.471. The number of fused-ring (bicyclic) bond motifs is 1. The Morgan fingerprint density at radius 2 is 2.10 bits per heavy atom. The van der Waals surface area contributed by atoms with Crippen LogP contribution in [0.25, 0.3) is 10.8 Å². The Bertz CT molecular complexity index is 533. The number of hydrazine groups is 1. The molecule has 3 nitrogen and oxygen atoms in total. The average molecular weight is 271 g/mol. The molecule has 1 aromatic heterocycles. The fourth-order valence-corrected chi connectivity index (χ4v) is 2.96. The molecule has 0 saturated heterocycles. The van der Waals surface area contributed by atoms with Crippen LogP contribution in [-0.4, -0.2) is 4.98 Å². The number of hydrogen-bond donors (Lipinski definition) is 2. The highest BCUT2D eigenvalue weighted by Gasteiger charge is 2.21. The van der Waals surface area contributed by atoms with Gasteiger partial charge in [0.2, 0.25) is 0 Å². The van der Waals surface area contributed by atoms with Crippen molar-refractivity contribution in [3.05, 3.63) is 42.2 Å². The minimum atomic E-state index is 0.194. The van der Waals surface area contributed by atoms with Gasteiger partial charge in [-0.3, -0.25) is 16.3 Å². The quantitative estimate of drug-likeness (QED) is 0.592. The van der Waals surface area contributed by atoms with Gasteiger partial charge in [-0.05, 0) is 29.4 Å². The zero-order valence-corrected chi connectivity index (χ0v) is 12.5. The van der Waals surface area contributed by atoms with Gasteiger partial charge >= 0.3 is 0 Å². The Kier molecular flexibility index (Phi) is 5.50. The molecule has 0 radical (unpaired) electrons. The van der Waals surface area contributed by atoms with Crippen LogP contribution >= 0.6 is 0 Å². The van der Waals surface area contributed by atoms with Crippen molar-refractivity contribution in [1.29, 1.82) is 0 Å². The van der Waals surface area contributed by atoms with Gasteiger partial charge in [0.05, 0.1) is 0 Å². The Labute approximate surface area is 121 Å². The molecule has 0 saturated carbocycles. The molecule has 2 rings (SSSR count). The van der Waals surface area contributed by atoms with E-state index in [0.717, 1.165) is 6.42 Å². The van der Waals surface area contributed by atoms with Gasteiger partial charge in [-0.25, -0.2) is 0 Å². The summed E-state index contributed by atoms with van der Waals surface area (Å²) in [6.45, 7) is 4.48. The molecule has 3 heteroatoms. The van der Waals surface area contributed by atoms with Crippen LogP contribution in [-0.2, 0) is 0 Å². The van der Waals surface area contributed by atoms with Gasteiger partial charge < -0.3 is 0 Å². The first-order valence-electron chi connectivity index (χ1n) is 7.60. The number of hydrogen-bond acceptors (Lipinski definition) is 3. The minimum Gasteiger partial charge on any atom is -0.271 e. The Morgan fingerprint density at radius 3 is 2.80 bits per heavy atom. The van der Waals surface area contributed by atoms with E-state index >= 15 is 0 Å². The Hall–Kier alpha value is -1.45. The van der Waals surface area contributed by atoms with Crippen molar-refractivity contribution in [2.75, 3.05) is 0 Å². The van der Waals surface area contributed by atoms with Gasteiger partial charge in [0.25, 0.3) is 0 Å². The highest BCUT2D eigenvalue weighted by Crippen LogP contribution is 2.32. The minimum absolute atomic E-state index is 0.194. The first-order chi connectivity index (χ1) is 9.81. The number of unbranched alkanes of at least 4 members (excludes halogenated alkanes) is 1. The lowest BCUT2D eigenvalue weighted by Crippen LogP contribution is -2.33. The molecule has 2 unspecified atom stereocenters. The van der Waals surface area contributed by atoms with E-state index in [1.165, 1.54) is 35.6 Å². The van der Waals surface area contributed by atoms with Crippen LogP contribution < -0.4 is 11.3 Å². The topological polar surface area (TPSA) is 50.9 Å². The molecule has 0 spiro atoms. The van der Waals surface area contributed by atoms with Crippen molar-refractivity contribution in [3.8, 4) is 0 Å². The molecule has 2 atom stereocenters. The normalized spacial score (nSPS) is 14.3. The van der Waals surface area contributed by atoms with E-state index in [1.807, 2.05) is 12.4 Å². The smallest absolute Gasteiger partial charge is 0.0494 e. The van der Waals surface area contributed by atoms with Gasteiger partial charge in [0.15, 0.2) is 0 Å². The lowest BCUT2D eigenvalue weighted by Gasteiger charge is -2.27. The number of pyridine rings is 1.